The lowest BCUT2D eigenvalue weighted by molar-refractivity contribution is 0.323. The Hall–Kier alpha value is -2.57. The fraction of sp³-hybridized carbons (Fsp3) is 0.550. The van der Waals surface area contributed by atoms with Crippen molar-refractivity contribution in [2.75, 3.05) is 13.2 Å². The number of guanidine groups is 1. The molecule has 2 rings (SSSR count). The van der Waals surface area contributed by atoms with Crippen molar-refractivity contribution in [1.82, 2.24) is 20.8 Å². The van der Waals surface area contributed by atoms with Gasteiger partial charge in [0.2, 0.25) is 5.88 Å². The van der Waals surface area contributed by atoms with E-state index in [-0.39, 0.29) is 0 Å². The molecule has 7 nitrogen and oxygen atoms in total. The predicted octanol–water partition coefficient (Wildman–Crippen LogP) is 3.63. The molecule has 0 aliphatic rings. The Morgan fingerprint density at radius 3 is 2.74 bits per heavy atom. The zero-order valence-corrected chi connectivity index (χ0v) is 16.8. The molecule has 0 amide bonds. The van der Waals surface area contributed by atoms with E-state index < -0.39 is 0 Å². The highest BCUT2D eigenvalue weighted by molar-refractivity contribution is 5.79. The maximum absolute atomic E-state index is 5.56. The first-order valence-corrected chi connectivity index (χ1v) is 9.76. The fourth-order valence-corrected chi connectivity index (χ4v) is 2.80. The maximum Gasteiger partial charge on any atom is 0.218 e. The summed E-state index contributed by atoms with van der Waals surface area (Å²) in [6.45, 7) is 10.7. The minimum atomic E-state index is 0.451. The van der Waals surface area contributed by atoms with Crippen molar-refractivity contribution in [3.8, 4) is 5.88 Å². The van der Waals surface area contributed by atoms with Crippen LogP contribution < -0.4 is 15.4 Å². The SMILES string of the molecule is CCNC(=NCc1cccnc1OCC)NCc1cc(C(CC)CC)no1. The predicted molar refractivity (Wildman–Crippen MR) is 107 cm³/mol. The molecule has 0 aliphatic heterocycles. The lowest BCUT2D eigenvalue weighted by Crippen LogP contribution is -2.36. The number of hydrogen-bond acceptors (Lipinski definition) is 5. The lowest BCUT2D eigenvalue weighted by atomic mass is 9.99. The molecule has 0 aliphatic carbocycles. The summed E-state index contributed by atoms with van der Waals surface area (Å²) in [6.07, 6.45) is 3.85. The smallest absolute Gasteiger partial charge is 0.218 e. The Morgan fingerprint density at radius 2 is 2.04 bits per heavy atom. The molecule has 0 bridgehead atoms. The Bertz CT molecular complexity index is 710. The summed E-state index contributed by atoms with van der Waals surface area (Å²) in [5, 5.41) is 10.7. The maximum atomic E-state index is 5.56. The van der Waals surface area contributed by atoms with Crippen molar-refractivity contribution >= 4 is 5.96 Å². The van der Waals surface area contributed by atoms with Gasteiger partial charge >= 0.3 is 0 Å². The molecule has 27 heavy (non-hydrogen) atoms. The molecule has 2 heterocycles. The third kappa shape index (κ3) is 6.27. The zero-order chi connectivity index (χ0) is 19.5. The van der Waals surface area contributed by atoms with Crippen LogP contribution in [0, 0.1) is 0 Å². The van der Waals surface area contributed by atoms with Crippen molar-refractivity contribution in [2.45, 2.75) is 59.5 Å². The molecule has 2 N–H and O–H groups in total. The second-order valence-corrected chi connectivity index (χ2v) is 6.18. The van der Waals surface area contributed by atoms with Gasteiger partial charge in [-0.2, -0.15) is 0 Å². The normalized spacial score (nSPS) is 11.7. The van der Waals surface area contributed by atoms with E-state index in [0.29, 0.717) is 37.5 Å². The van der Waals surface area contributed by atoms with Crippen LogP contribution in [0.25, 0.3) is 0 Å². The first-order valence-electron chi connectivity index (χ1n) is 9.76. The molecule has 0 radical (unpaired) electrons. The topological polar surface area (TPSA) is 84.6 Å². The van der Waals surface area contributed by atoms with Crippen molar-refractivity contribution in [3.63, 3.8) is 0 Å². The molecule has 2 aromatic heterocycles. The van der Waals surface area contributed by atoms with Gasteiger partial charge in [0.05, 0.1) is 25.4 Å². The van der Waals surface area contributed by atoms with E-state index in [2.05, 4.69) is 39.6 Å². The van der Waals surface area contributed by atoms with E-state index in [4.69, 9.17) is 9.26 Å². The van der Waals surface area contributed by atoms with Crippen LogP contribution in [0.5, 0.6) is 5.88 Å². The molecule has 2 aromatic rings. The first kappa shape index (κ1) is 20.7. The highest BCUT2D eigenvalue weighted by atomic mass is 16.5. The van der Waals surface area contributed by atoms with Gasteiger partial charge in [0, 0.05) is 30.3 Å². The van der Waals surface area contributed by atoms with Crippen LogP contribution in [0.1, 0.15) is 63.5 Å². The number of aromatic nitrogens is 2. The van der Waals surface area contributed by atoms with Gasteiger partial charge in [-0.1, -0.05) is 25.1 Å². The van der Waals surface area contributed by atoms with Crippen molar-refractivity contribution < 1.29 is 9.26 Å². The van der Waals surface area contributed by atoms with E-state index in [1.54, 1.807) is 6.20 Å². The summed E-state index contributed by atoms with van der Waals surface area (Å²) in [6, 6.07) is 5.90. The van der Waals surface area contributed by atoms with Crippen molar-refractivity contribution in [2.24, 2.45) is 4.99 Å². The molecular weight excluding hydrogens is 342 g/mol. The van der Waals surface area contributed by atoms with Gasteiger partial charge in [0.1, 0.15) is 0 Å². The van der Waals surface area contributed by atoms with E-state index in [1.807, 2.05) is 32.0 Å². The second-order valence-electron chi connectivity index (χ2n) is 6.18. The van der Waals surface area contributed by atoms with Gasteiger partial charge in [0.15, 0.2) is 11.7 Å². The fourth-order valence-electron chi connectivity index (χ4n) is 2.80. The zero-order valence-electron chi connectivity index (χ0n) is 16.8. The van der Waals surface area contributed by atoms with Gasteiger partial charge in [-0.15, -0.1) is 0 Å². The Kier molecular flexibility index (Phi) is 8.61. The third-order valence-corrected chi connectivity index (χ3v) is 4.29. The van der Waals surface area contributed by atoms with Crippen LogP contribution in [0.3, 0.4) is 0 Å². The molecular formula is C20H31N5O2. The summed E-state index contributed by atoms with van der Waals surface area (Å²) in [4.78, 5) is 8.89. The highest BCUT2D eigenvalue weighted by Crippen LogP contribution is 2.22. The summed E-state index contributed by atoms with van der Waals surface area (Å²) in [5.74, 6) is 2.60. The summed E-state index contributed by atoms with van der Waals surface area (Å²) >= 11 is 0. The van der Waals surface area contributed by atoms with Gasteiger partial charge < -0.3 is 19.9 Å². The largest absolute Gasteiger partial charge is 0.478 e. The first-order chi connectivity index (χ1) is 13.2. The number of ether oxygens (including phenoxy) is 1. The number of aliphatic imine (C=N–C) groups is 1. The molecule has 0 atom stereocenters. The third-order valence-electron chi connectivity index (χ3n) is 4.29. The average Bonchev–Trinajstić information content (AvgIpc) is 3.15. The van der Waals surface area contributed by atoms with Crippen molar-refractivity contribution in [3.05, 3.63) is 41.4 Å². The average molecular weight is 374 g/mol. The Labute approximate surface area is 161 Å². The number of rotatable bonds is 10. The Morgan fingerprint density at radius 1 is 1.22 bits per heavy atom. The van der Waals surface area contributed by atoms with Crippen LogP contribution in [0.2, 0.25) is 0 Å². The minimum Gasteiger partial charge on any atom is -0.478 e. The molecule has 0 unspecified atom stereocenters. The number of hydrogen-bond donors (Lipinski definition) is 2. The molecule has 7 heteroatoms. The van der Waals surface area contributed by atoms with E-state index in [1.165, 1.54) is 0 Å². The van der Waals surface area contributed by atoms with Crippen LogP contribution in [0.4, 0.5) is 0 Å². The number of pyridine rings is 1. The molecule has 148 valence electrons. The minimum absolute atomic E-state index is 0.451. The quantitative estimate of drug-likeness (QED) is 0.489. The van der Waals surface area contributed by atoms with Crippen LogP contribution >= 0.6 is 0 Å². The van der Waals surface area contributed by atoms with E-state index in [9.17, 15) is 0 Å². The summed E-state index contributed by atoms with van der Waals surface area (Å²) in [5.41, 5.74) is 1.97. The monoisotopic (exact) mass is 373 g/mol. The van der Waals surface area contributed by atoms with Crippen LogP contribution in [-0.2, 0) is 13.1 Å². The van der Waals surface area contributed by atoms with Gasteiger partial charge in [0.25, 0.3) is 0 Å². The van der Waals surface area contributed by atoms with Crippen LogP contribution in [0.15, 0.2) is 33.9 Å². The van der Waals surface area contributed by atoms with Gasteiger partial charge in [-0.25, -0.2) is 9.98 Å². The summed E-state index contributed by atoms with van der Waals surface area (Å²) in [7, 11) is 0. The van der Waals surface area contributed by atoms with E-state index >= 15 is 0 Å². The Balaban J connectivity index is 2.00. The van der Waals surface area contributed by atoms with Crippen LogP contribution in [-0.4, -0.2) is 29.3 Å². The number of nitrogens with one attached hydrogen (secondary N) is 2. The number of nitrogens with zero attached hydrogens (tertiary/aromatic N) is 3. The molecule has 0 saturated carbocycles. The van der Waals surface area contributed by atoms with Crippen molar-refractivity contribution in [1.29, 1.82) is 0 Å². The molecule has 0 fully saturated rings. The van der Waals surface area contributed by atoms with E-state index in [0.717, 1.165) is 36.4 Å². The highest BCUT2D eigenvalue weighted by Gasteiger charge is 2.13. The lowest BCUT2D eigenvalue weighted by Gasteiger charge is -2.11. The summed E-state index contributed by atoms with van der Waals surface area (Å²) < 4.78 is 11.0. The standard InChI is InChI=1S/C20H31N5O2/c1-5-15(6-2)18-12-17(27-25-18)14-24-20(21-7-3)23-13-16-10-9-11-22-19(16)26-8-4/h9-12,15H,5-8,13-14H2,1-4H3,(H2,21,23,24). The molecule has 0 saturated heterocycles. The molecule has 0 spiro atoms. The van der Waals surface area contributed by atoms with Gasteiger partial charge in [-0.3, -0.25) is 0 Å². The second kappa shape index (κ2) is 11.2. The molecule has 0 aromatic carbocycles. The van der Waals surface area contributed by atoms with Gasteiger partial charge in [-0.05, 0) is 32.8 Å².